The molecule has 1 fully saturated rings. The molecule has 0 atom stereocenters. The van der Waals surface area contributed by atoms with E-state index in [1.807, 2.05) is 16.3 Å². The average molecular weight is 288 g/mol. The quantitative estimate of drug-likeness (QED) is 0.671. The molecule has 1 aliphatic carbocycles. The molecule has 1 amide bonds. The third-order valence-electron chi connectivity index (χ3n) is 3.45. The van der Waals surface area contributed by atoms with Gasteiger partial charge in [0.05, 0.1) is 5.56 Å². The van der Waals surface area contributed by atoms with E-state index in [2.05, 4.69) is 5.38 Å². The zero-order valence-corrected chi connectivity index (χ0v) is 11.8. The predicted octanol–water partition coefficient (Wildman–Crippen LogP) is 2.84. The summed E-state index contributed by atoms with van der Waals surface area (Å²) >= 11 is 1.62. The number of thiophene rings is 1. The number of anilines is 1. The van der Waals surface area contributed by atoms with Crippen molar-refractivity contribution in [3.8, 4) is 5.75 Å². The van der Waals surface area contributed by atoms with E-state index in [1.165, 1.54) is 12.1 Å². The molecule has 3 N–H and O–H groups in total. The van der Waals surface area contributed by atoms with Crippen molar-refractivity contribution in [2.45, 2.75) is 25.4 Å². The molecule has 20 heavy (non-hydrogen) atoms. The van der Waals surface area contributed by atoms with Crippen LogP contribution in [-0.2, 0) is 6.54 Å². The van der Waals surface area contributed by atoms with Gasteiger partial charge in [-0.1, -0.05) is 0 Å². The van der Waals surface area contributed by atoms with Crippen molar-refractivity contribution in [1.29, 1.82) is 0 Å². The summed E-state index contributed by atoms with van der Waals surface area (Å²) in [7, 11) is 0. The van der Waals surface area contributed by atoms with Crippen LogP contribution in [0.15, 0.2) is 35.0 Å². The Kier molecular flexibility index (Phi) is 3.36. The third-order valence-corrected chi connectivity index (χ3v) is 4.18. The minimum Gasteiger partial charge on any atom is -0.508 e. The number of phenols is 1. The normalized spacial score (nSPS) is 14.2. The SMILES string of the molecule is Nc1ccc(O)cc1C(=O)N(Cc1ccsc1)C1CC1. The fraction of sp³-hybridized carbons (Fsp3) is 0.267. The lowest BCUT2D eigenvalue weighted by Gasteiger charge is -2.23. The van der Waals surface area contributed by atoms with Crippen molar-refractivity contribution in [2.24, 2.45) is 0 Å². The summed E-state index contributed by atoms with van der Waals surface area (Å²) in [5.74, 6) is -0.0408. The number of carbonyl (C=O) groups is 1. The van der Waals surface area contributed by atoms with E-state index in [4.69, 9.17) is 5.73 Å². The largest absolute Gasteiger partial charge is 0.508 e. The van der Waals surface area contributed by atoms with Crippen LogP contribution >= 0.6 is 11.3 Å². The van der Waals surface area contributed by atoms with E-state index in [9.17, 15) is 9.90 Å². The molecule has 0 bridgehead atoms. The van der Waals surface area contributed by atoms with Crippen LogP contribution < -0.4 is 5.73 Å². The van der Waals surface area contributed by atoms with Gasteiger partial charge in [0.2, 0.25) is 0 Å². The number of amides is 1. The van der Waals surface area contributed by atoms with Crippen LogP contribution in [-0.4, -0.2) is 22.0 Å². The Bertz CT molecular complexity index is 621. The van der Waals surface area contributed by atoms with Gasteiger partial charge in [-0.3, -0.25) is 4.79 Å². The molecule has 4 nitrogen and oxygen atoms in total. The second-order valence-corrected chi connectivity index (χ2v) is 5.85. The number of hydrogen-bond donors (Lipinski definition) is 2. The molecule has 0 radical (unpaired) electrons. The predicted molar refractivity (Wildman–Crippen MR) is 79.7 cm³/mol. The molecule has 3 rings (SSSR count). The molecule has 0 spiro atoms. The molecule has 5 heteroatoms. The number of nitrogen functional groups attached to an aromatic ring is 1. The summed E-state index contributed by atoms with van der Waals surface area (Å²) in [5.41, 5.74) is 7.79. The van der Waals surface area contributed by atoms with Gasteiger partial charge in [0.25, 0.3) is 5.91 Å². The Hall–Kier alpha value is -2.01. The lowest BCUT2D eigenvalue weighted by molar-refractivity contribution is 0.0731. The number of carbonyl (C=O) groups excluding carboxylic acids is 1. The van der Waals surface area contributed by atoms with Gasteiger partial charge in [-0.25, -0.2) is 0 Å². The highest BCUT2D eigenvalue weighted by Gasteiger charge is 2.33. The standard InChI is InChI=1S/C15H16N2O2S/c16-14-4-3-12(18)7-13(14)15(19)17(11-1-2-11)8-10-5-6-20-9-10/h3-7,9,11,18H,1-2,8,16H2. The number of phenolic OH excluding ortho intramolecular Hbond substituents is 1. The van der Waals surface area contributed by atoms with Gasteiger partial charge in [0, 0.05) is 18.3 Å². The van der Waals surface area contributed by atoms with Crippen LogP contribution in [0.5, 0.6) is 5.75 Å². The second-order valence-electron chi connectivity index (χ2n) is 5.07. The molecule has 104 valence electrons. The fourth-order valence-electron chi connectivity index (χ4n) is 2.22. The monoisotopic (exact) mass is 288 g/mol. The van der Waals surface area contributed by atoms with Crippen molar-refractivity contribution in [1.82, 2.24) is 4.90 Å². The van der Waals surface area contributed by atoms with Crippen molar-refractivity contribution in [3.63, 3.8) is 0 Å². The zero-order valence-electron chi connectivity index (χ0n) is 11.0. The van der Waals surface area contributed by atoms with E-state index in [1.54, 1.807) is 17.4 Å². The second kappa shape index (κ2) is 5.17. The molecule has 2 aromatic rings. The first-order chi connectivity index (χ1) is 9.65. The highest BCUT2D eigenvalue weighted by molar-refractivity contribution is 7.07. The molecular formula is C15H16N2O2S. The molecule has 1 saturated carbocycles. The van der Waals surface area contributed by atoms with E-state index < -0.39 is 0 Å². The van der Waals surface area contributed by atoms with Gasteiger partial charge in [0.1, 0.15) is 5.75 Å². The summed E-state index contributed by atoms with van der Waals surface area (Å²) in [4.78, 5) is 14.5. The van der Waals surface area contributed by atoms with E-state index in [-0.39, 0.29) is 11.7 Å². The topological polar surface area (TPSA) is 66.6 Å². The highest BCUT2D eigenvalue weighted by atomic mass is 32.1. The first-order valence-electron chi connectivity index (χ1n) is 6.55. The number of aromatic hydroxyl groups is 1. The maximum Gasteiger partial charge on any atom is 0.256 e. The van der Waals surface area contributed by atoms with Gasteiger partial charge in [-0.15, -0.1) is 0 Å². The molecular weight excluding hydrogens is 272 g/mol. The molecule has 1 aromatic carbocycles. The third kappa shape index (κ3) is 2.63. The summed E-state index contributed by atoms with van der Waals surface area (Å²) in [6.07, 6.45) is 2.07. The van der Waals surface area contributed by atoms with Gasteiger partial charge in [-0.05, 0) is 53.4 Å². The Labute approximate surface area is 121 Å². The first kappa shape index (κ1) is 13.0. The molecule has 0 unspecified atom stereocenters. The van der Waals surface area contributed by atoms with Crippen molar-refractivity contribution in [3.05, 3.63) is 46.2 Å². The Morgan fingerprint density at radius 2 is 2.20 bits per heavy atom. The molecule has 0 aliphatic heterocycles. The number of hydrogen-bond acceptors (Lipinski definition) is 4. The van der Waals surface area contributed by atoms with E-state index in [0.717, 1.165) is 18.4 Å². The highest BCUT2D eigenvalue weighted by Crippen LogP contribution is 2.31. The summed E-state index contributed by atoms with van der Waals surface area (Å²) in [5, 5.41) is 13.6. The minimum atomic E-state index is -0.105. The van der Waals surface area contributed by atoms with Crippen LogP contribution in [0.3, 0.4) is 0 Å². The summed E-state index contributed by atoms with van der Waals surface area (Å²) < 4.78 is 0. The van der Waals surface area contributed by atoms with Crippen LogP contribution in [0.25, 0.3) is 0 Å². The number of nitrogens with zero attached hydrogens (tertiary/aromatic N) is 1. The maximum absolute atomic E-state index is 12.7. The number of nitrogens with two attached hydrogens (primary N) is 1. The van der Waals surface area contributed by atoms with Gasteiger partial charge >= 0.3 is 0 Å². The Morgan fingerprint density at radius 3 is 2.85 bits per heavy atom. The lowest BCUT2D eigenvalue weighted by atomic mass is 10.1. The van der Waals surface area contributed by atoms with Crippen LogP contribution in [0.1, 0.15) is 28.8 Å². The zero-order chi connectivity index (χ0) is 14.1. The molecule has 1 aliphatic rings. The van der Waals surface area contributed by atoms with Crippen LogP contribution in [0.4, 0.5) is 5.69 Å². The van der Waals surface area contributed by atoms with Gasteiger partial charge in [0.15, 0.2) is 0 Å². The van der Waals surface area contributed by atoms with Crippen molar-refractivity contribution >= 4 is 22.9 Å². The fourth-order valence-corrected chi connectivity index (χ4v) is 2.88. The van der Waals surface area contributed by atoms with E-state index in [0.29, 0.717) is 23.8 Å². The van der Waals surface area contributed by atoms with Gasteiger partial charge in [-0.2, -0.15) is 11.3 Å². The lowest BCUT2D eigenvalue weighted by Crippen LogP contribution is -2.32. The first-order valence-corrected chi connectivity index (χ1v) is 7.50. The number of rotatable bonds is 4. The molecule has 1 aromatic heterocycles. The number of benzene rings is 1. The summed E-state index contributed by atoms with van der Waals surface area (Å²) in [6, 6.07) is 6.83. The van der Waals surface area contributed by atoms with Crippen LogP contribution in [0.2, 0.25) is 0 Å². The smallest absolute Gasteiger partial charge is 0.256 e. The van der Waals surface area contributed by atoms with E-state index >= 15 is 0 Å². The summed E-state index contributed by atoms with van der Waals surface area (Å²) in [6.45, 7) is 0.599. The maximum atomic E-state index is 12.7. The molecule has 1 heterocycles. The van der Waals surface area contributed by atoms with Crippen LogP contribution in [0, 0.1) is 0 Å². The Balaban J connectivity index is 1.87. The van der Waals surface area contributed by atoms with Gasteiger partial charge < -0.3 is 15.7 Å². The minimum absolute atomic E-state index is 0.0637. The molecule has 0 saturated heterocycles. The Morgan fingerprint density at radius 1 is 1.40 bits per heavy atom. The average Bonchev–Trinajstić information content (AvgIpc) is 3.15. The van der Waals surface area contributed by atoms with Crippen molar-refractivity contribution in [2.75, 3.05) is 5.73 Å². The van der Waals surface area contributed by atoms with Crippen molar-refractivity contribution < 1.29 is 9.90 Å².